The van der Waals surface area contributed by atoms with Gasteiger partial charge in [-0.05, 0) is 43.5 Å². The molecule has 0 aliphatic carbocycles. The van der Waals surface area contributed by atoms with Gasteiger partial charge in [-0.2, -0.15) is 5.10 Å². The summed E-state index contributed by atoms with van der Waals surface area (Å²) in [6.45, 7) is 7.51. The lowest BCUT2D eigenvalue weighted by Gasteiger charge is -2.32. The predicted molar refractivity (Wildman–Crippen MR) is 114 cm³/mol. The maximum Gasteiger partial charge on any atom is 0.229 e. The highest BCUT2D eigenvalue weighted by Crippen LogP contribution is 2.24. The lowest BCUT2D eigenvalue weighted by atomic mass is 9.95. The van der Waals surface area contributed by atoms with Gasteiger partial charge in [0.15, 0.2) is 0 Å². The molecule has 7 heteroatoms. The van der Waals surface area contributed by atoms with Crippen LogP contribution in [0.1, 0.15) is 26.7 Å². The fourth-order valence-corrected chi connectivity index (χ4v) is 3.94. The maximum absolute atomic E-state index is 12.7. The number of nitrogens with one attached hydrogen (secondary N) is 1. The molecule has 0 spiro atoms. The van der Waals surface area contributed by atoms with Gasteiger partial charge in [-0.25, -0.2) is 9.97 Å². The number of rotatable bonds is 5. The Hall–Kier alpha value is -2.80. The Labute approximate surface area is 171 Å². The molecule has 1 fully saturated rings. The zero-order valence-corrected chi connectivity index (χ0v) is 17.3. The van der Waals surface area contributed by atoms with Gasteiger partial charge >= 0.3 is 0 Å². The number of likely N-dealkylation sites (tertiary alicyclic amines) is 1. The largest absolute Gasteiger partial charge is 0.303 e. The average molecular weight is 393 g/mol. The summed E-state index contributed by atoms with van der Waals surface area (Å²) < 4.78 is 1.78. The van der Waals surface area contributed by atoms with E-state index in [1.54, 1.807) is 10.9 Å². The molecule has 2 aromatic heterocycles. The average Bonchev–Trinajstić information content (AvgIpc) is 3.14. The Morgan fingerprint density at radius 2 is 2.00 bits per heavy atom. The van der Waals surface area contributed by atoms with Gasteiger partial charge < -0.3 is 4.90 Å². The molecule has 0 bridgehead atoms. The lowest BCUT2D eigenvalue weighted by Crippen LogP contribution is -2.39. The number of anilines is 1. The number of amides is 1. The van der Waals surface area contributed by atoms with Crippen LogP contribution in [0.5, 0.6) is 0 Å². The number of aromatic nitrogens is 4. The van der Waals surface area contributed by atoms with Gasteiger partial charge in [0.25, 0.3) is 0 Å². The van der Waals surface area contributed by atoms with Crippen molar-refractivity contribution in [3.63, 3.8) is 0 Å². The highest BCUT2D eigenvalue weighted by Gasteiger charge is 2.25. The minimum atomic E-state index is 0.0250. The van der Waals surface area contributed by atoms with Crippen LogP contribution in [0.15, 0.2) is 36.8 Å². The normalized spacial score (nSPS) is 15.9. The lowest BCUT2D eigenvalue weighted by molar-refractivity contribution is -0.121. The zero-order valence-electron chi connectivity index (χ0n) is 17.3. The van der Waals surface area contributed by atoms with Crippen molar-refractivity contribution in [2.75, 3.05) is 25.0 Å². The summed E-state index contributed by atoms with van der Waals surface area (Å²) in [4.78, 5) is 24.1. The fraction of sp³-hybridized carbons (Fsp3) is 0.455. The second-order valence-corrected chi connectivity index (χ2v) is 8.33. The molecule has 1 N–H and O–H groups in total. The number of hydrogen-bond donors (Lipinski definition) is 1. The molecule has 29 heavy (non-hydrogen) atoms. The van der Waals surface area contributed by atoms with E-state index in [1.165, 1.54) is 0 Å². The SMILES string of the molecule is CC(C)CN1CCC(C(=O)Nc2ncc3ccc(-c4cnn(C)c4)cc3n2)CC1. The third-order valence-corrected chi connectivity index (χ3v) is 5.44. The van der Waals surface area contributed by atoms with Gasteiger partial charge in [0.1, 0.15) is 0 Å². The molecule has 4 rings (SSSR count). The number of aryl methyl sites for hydroxylation is 1. The summed E-state index contributed by atoms with van der Waals surface area (Å²) in [6, 6.07) is 6.04. The van der Waals surface area contributed by atoms with Crippen molar-refractivity contribution in [1.29, 1.82) is 0 Å². The van der Waals surface area contributed by atoms with E-state index in [9.17, 15) is 4.79 Å². The summed E-state index contributed by atoms with van der Waals surface area (Å²) >= 11 is 0. The van der Waals surface area contributed by atoms with Crippen LogP contribution < -0.4 is 5.32 Å². The summed E-state index contributed by atoms with van der Waals surface area (Å²) in [6.07, 6.45) is 7.33. The smallest absolute Gasteiger partial charge is 0.229 e. The van der Waals surface area contributed by atoms with E-state index in [4.69, 9.17) is 0 Å². The van der Waals surface area contributed by atoms with E-state index in [1.807, 2.05) is 37.6 Å². The molecule has 1 aliphatic heterocycles. The number of carbonyl (C=O) groups is 1. The number of carbonyl (C=O) groups excluding carboxylic acids is 1. The third kappa shape index (κ3) is 4.62. The fourth-order valence-electron chi connectivity index (χ4n) is 3.94. The van der Waals surface area contributed by atoms with Crippen molar-refractivity contribution < 1.29 is 4.79 Å². The molecule has 7 nitrogen and oxygen atoms in total. The van der Waals surface area contributed by atoms with Crippen LogP contribution in [0.4, 0.5) is 5.95 Å². The Bertz CT molecular complexity index is 1000. The Morgan fingerprint density at radius 1 is 1.21 bits per heavy atom. The second kappa shape index (κ2) is 8.29. The van der Waals surface area contributed by atoms with E-state index in [2.05, 4.69) is 39.1 Å². The zero-order chi connectivity index (χ0) is 20.4. The molecule has 1 amide bonds. The first-order valence-corrected chi connectivity index (χ1v) is 10.3. The van der Waals surface area contributed by atoms with Crippen LogP contribution in [-0.4, -0.2) is 50.2 Å². The van der Waals surface area contributed by atoms with E-state index in [0.29, 0.717) is 11.9 Å². The van der Waals surface area contributed by atoms with E-state index in [-0.39, 0.29) is 11.8 Å². The van der Waals surface area contributed by atoms with Crippen LogP contribution in [0, 0.1) is 11.8 Å². The van der Waals surface area contributed by atoms with E-state index < -0.39 is 0 Å². The van der Waals surface area contributed by atoms with Crippen LogP contribution in [0.25, 0.3) is 22.0 Å². The molecule has 0 radical (unpaired) electrons. The number of benzene rings is 1. The minimum Gasteiger partial charge on any atom is -0.303 e. The molecule has 1 aromatic carbocycles. The van der Waals surface area contributed by atoms with Crippen molar-refractivity contribution in [2.24, 2.45) is 18.9 Å². The van der Waals surface area contributed by atoms with Gasteiger partial charge in [-0.1, -0.05) is 26.0 Å². The summed E-state index contributed by atoms with van der Waals surface area (Å²) in [5.74, 6) is 1.08. The first-order valence-electron chi connectivity index (χ1n) is 10.3. The first-order chi connectivity index (χ1) is 14.0. The van der Waals surface area contributed by atoms with E-state index >= 15 is 0 Å². The first kappa shape index (κ1) is 19.5. The second-order valence-electron chi connectivity index (χ2n) is 8.33. The summed E-state index contributed by atoms with van der Waals surface area (Å²) in [5, 5.41) is 8.10. The van der Waals surface area contributed by atoms with Crippen LogP contribution in [0.3, 0.4) is 0 Å². The van der Waals surface area contributed by atoms with Crippen molar-refractivity contribution in [2.45, 2.75) is 26.7 Å². The highest BCUT2D eigenvalue weighted by atomic mass is 16.2. The molecule has 1 saturated heterocycles. The van der Waals surface area contributed by atoms with Crippen molar-refractivity contribution in [3.05, 3.63) is 36.8 Å². The standard InChI is InChI=1S/C22H28N6O/c1-15(2)13-28-8-6-16(7-9-28)21(29)26-22-23-11-18-5-4-17(10-20(18)25-22)19-12-24-27(3)14-19/h4-5,10-12,14-16H,6-9,13H2,1-3H3,(H,23,25,26,29). The Morgan fingerprint density at radius 3 is 2.69 bits per heavy atom. The van der Waals surface area contributed by atoms with E-state index in [0.717, 1.165) is 54.5 Å². The summed E-state index contributed by atoms with van der Waals surface area (Å²) in [5.41, 5.74) is 2.88. The number of fused-ring (bicyclic) bond motifs is 1. The molecule has 3 heterocycles. The Kier molecular flexibility index (Phi) is 5.58. The molecule has 3 aromatic rings. The topological polar surface area (TPSA) is 75.9 Å². The van der Waals surface area contributed by atoms with Crippen molar-refractivity contribution in [3.8, 4) is 11.1 Å². The maximum atomic E-state index is 12.7. The Balaban J connectivity index is 1.44. The van der Waals surface area contributed by atoms with Gasteiger partial charge in [0.2, 0.25) is 11.9 Å². The minimum absolute atomic E-state index is 0.0250. The molecule has 0 atom stereocenters. The molecule has 0 saturated carbocycles. The highest BCUT2D eigenvalue weighted by molar-refractivity contribution is 5.92. The van der Waals surface area contributed by atoms with Gasteiger partial charge in [0, 0.05) is 42.9 Å². The molecule has 1 aliphatic rings. The summed E-state index contributed by atoms with van der Waals surface area (Å²) in [7, 11) is 1.90. The van der Waals surface area contributed by atoms with Crippen LogP contribution in [0.2, 0.25) is 0 Å². The van der Waals surface area contributed by atoms with Crippen LogP contribution in [-0.2, 0) is 11.8 Å². The van der Waals surface area contributed by atoms with Crippen LogP contribution >= 0.6 is 0 Å². The molecule has 0 unspecified atom stereocenters. The van der Waals surface area contributed by atoms with Crippen molar-refractivity contribution in [1.82, 2.24) is 24.6 Å². The predicted octanol–water partition coefficient (Wildman–Crippen LogP) is 3.34. The molecular weight excluding hydrogens is 364 g/mol. The molecule has 152 valence electrons. The van der Waals surface area contributed by atoms with Gasteiger partial charge in [-0.15, -0.1) is 0 Å². The van der Waals surface area contributed by atoms with Crippen molar-refractivity contribution >= 4 is 22.8 Å². The number of hydrogen-bond acceptors (Lipinski definition) is 5. The third-order valence-electron chi connectivity index (χ3n) is 5.44. The number of nitrogens with zero attached hydrogens (tertiary/aromatic N) is 5. The monoisotopic (exact) mass is 392 g/mol. The van der Waals surface area contributed by atoms with Gasteiger partial charge in [-0.3, -0.25) is 14.8 Å². The quantitative estimate of drug-likeness (QED) is 0.721. The van der Waals surface area contributed by atoms with Gasteiger partial charge in [0.05, 0.1) is 11.7 Å². The molecular formula is C22H28N6O. The number of piperidine rings is 1.